The third-order valence-corrected chi connectivity index (χ3v) is 10.8. The molecule has 10 rings (SSSR count). The lowest BCUT2D eigenvalue weighted by Gasteiger charge is -2.37. The molecule has 4 bridgehead atoms. The van der Waals surface area contributed by atoms with Gasteiger partial charge >= 0.3 is 12.1 Å². The second-order valence-electron chi connectivity index (χ2n) is 14.6. The van der Waals surface area contributed by atoms with Crippen LogP contribution in [0.1, 0.15) is 26.7 Å². The van der Waals surface area contributed by atoms with Crippen LogP contribution in [-0.2, 0) is 9.47 Å². The van der Waals surface area contributed by atoms with Gasteiger partial charge in [-0.15, -0.1) is 0 Å². The molecule has 0 saturated carbocycles. The molecular weight excluding hydrogens is 752 g/mol. The van der Waals surface area contributed by atoms with Crippen LogP contribution in [-0.4, -0.2) is 132 Å². The SMILES string of the molecule is C[C@@H]1CN(c2ccc3c(n2)N(C(=O)Nc2cnccn2)[C@H]2CCN3C2)CCO1.C[C@@H]1CNCCO1.O=C(Nc1cnccn1)N1c2nc(Cl)ccc2N2CC[C@H]1C2. The third-order valence-electron chi connectivity index (χ3n) is 10.6. The number of rotatable bonds is 3. The molecule has 19 heteroatoms. The smallest absolute Gasteiger partial charge is 0.329 e. The molecule has 57 heavy (non-hydrogen) atoms. The lowest BCUT2D eigenvalue weighted by molar-refractivity contribution is 0.0410. The second kappa shape index (κ2) is 17.4. The van der Waals surface area contributed by atoms with Gasteiger partial charge in [-0.1, -0.05) is 11.6 Å². The summed E-state index contributed by atoms with van der Waals surface area (Å²) in [5.74, 6) is 3.05. The molecule has 4 aromatic heterocycles. The van der Waals surface area contributed by atoms with E-state index >= 15 is 0 Å². The zero-order chi connectivity index (χ0) is 39.3. The Morgan fingerprint density at radius 3 is 1.84 bits per heavy atom. The highest BCUT2D eigenvalue weighted by molar-refractivity contribution is 6.29. The molecule has 4 atom stereocenters. The lowest BCUT2D eigenvalue weighted by Crippen LogP contribution is -2.49. The molecule has 4 amide bonds. The molecule has 10 heterocycles. The highest BCUT2D eigenvalue weighted by atomic mass is 35.5. The van der Waals surface area contributed by atoms with Crippen LogP contribution in [0.4, 0.5) is 50.1 Å². The Kier molecular flexibility index (Phi) is 11.7. The number of hydrogen-bond donors (Lipinski definition) is 3. The number of hydrogen-bond acceptors (Lipinski definition) is 14. The van der Waals surface area contributed by atoms with Gasteiger partial charge in [0.25, 0.3) is 0 Å². The molecule has 4 aromatic rings. The number of fused-ring (bicyclic) bond motifs is 8. The number of urea groups is 2. The number of amides is 4. The van der Waals surface area contributed by atoms with Crippen LogP contribution in [0.25, 0.3) is 0 Å². The number of halogens is 1. The summed E-state index contributed by atoms with van der Waals surface area (Å²) < 4.78 is 10.9. The number of ether oxygens (including phenoxy) is 2. The number of aromatic nitrogens is 6. The van der Waals surface area contributed by atoms with Gasteiger partial charge in [0, 0.05) is 77.1 Å². The molecule has 0 aliphatic carbocycles. The minimum absolute atomic E-state index is 0.0927. The first kappa shape index (κ1) is 38.4. The molecule has 6 aliphatic rings. The summed E-state index contributed by atoms with van der Waals surface area (Å²) >= 11 is 6.01. The van der Waals surface area contributed by atoms with Crippen LogP contribution in [0.15, 0.2) is 61.4 Å². The fourth-order valence-corrected chi connectivity index (χ4v) is 8.02. The molecule has 4 saturated heterocycles. The number of anilines is 7. The monoisotopic (exact) mass is 798 g/mol. The minimum Gasteiger partial charge on any atom is -0.376 e. The van der Waals surface area contributed by atoms with Crippen molar-refractivity contribution in [2.75, 3.05) is 101 Å². The van der Waals surface area contributed by atoms with Crippen molar-refractivity contribution in [1.29, 1.82) is 0 Å². The van der Waals surface area contributed by atoms with Gasteiger partial charge in [-0.3, -0.25) is 30.4 Å². The van der Waals surface area contributed by atoms with Crippen molar-refractivity contribution in [3.63, 3.8) is 0 Å². The van der Waals surface area contributed by atoms with Crippen molar-refractivity contribution in [3.8, 4) is 0 Å². The van der Waals surface area contributed by atoms with Crippen LogP contribution >= 0.6 is 11.6 Å². The molecule has 6 aliphatic heterocycles. The van der Waals surface area contributed by atoms with Crippen LogP contribution in [0.5, 0.6) is 0 Å². The van der Waals surface area contributed by atoms with Gasteiger partial charge in [0.1, 0.15) is 11.0 Å². The van der Waals surface area contributed by atoms with Gasteiger partial charge in [-0.05, 0) is 51.0 Å². The van der Waals surface area contributed by atoms with Gasteiger partial charge in [0.2, 0.25) is 0 Å². The third kappa shape index (κ3) is 8.78. The number of morpholine rings is 2. The van der Waals surface area contributed by atoms with Gasteiger partial charge in [-0.25, -0.2) is 29.5 Å². The van der Waals surface area contributed by atoms with Gasteiger partial charge in [-0.2, -0.15) is 0 Å². The van der Waals surface area contributed by atoms with E-state index in [4.69, 9.17) is 26.1 Å². The van der Waals surface area contributed by atoms with E-state index in [1.165, 1.54) is 12.4 Å². The summed E-state index contributed by atoms with van der Waals surface area (Å²) in [4.78, 5) is 61.5. The molecule has 0 aromatic carbocycles. The van der Waals surface area contributed by atoms with E-state index in [1.54, 1.807) is 40.7 Å². The first-order valence-corrected chi connectivity index (χ1v) is 19.8. The standard InChI is InChI=1S/C19H23N7O2.C14H13ClN6O.C5H11NO/c1-13-11-25(8-9-28-13)17-3-2-15-18(23-17)26(14-4-7-24(15)12-14)19(27)22-16-10-20-5-6-21-16;15-11-2-1-10-13(18-11)21(9-3-6-20(10)8-9)14(22)19-12-7-16-4-5-17-12;1-5-4-6-2-3-7-5/h2-3,5-6,10,13-14H,4,7-9,11-12H2,1H3,(H,21,22,27);1-2,4-5,7,9H,3,6,8H2,(H,17,19,22);5-6H,2-4H2,1H3/t13-,14+;9-;5-/m101/s1. The molecule has 300 valence electrons. The van der Waals surface area contributed by atoms with Crippen LogP contribution in [0, 0.1) is 0 Å². The molecule has 0 radical (unpaired) electrons. The Morgan fingerprint density at radius 1 is 0.719 bits per heavy atom. The number of carbonyl (C=O) groups excluding carboxylic acids is 2. The Bertz CT molecular complexity index is 2010. The van der Waals surface area contributed by atoms with E-state index < -0.39 is 0 Å². The van der Waals surface area contributed by atoms with Crippen molar-refractivity contribution in [1.82, 2.24) is 35.2 Å². The summed E-state index contributed by atoms with van der Waals surface area (Å²) in [7, 11) is 0. The summed E-state index contributed by atoms with van der Waals surface area (Å²) in [6, 6.07) is 7.52. The summed E-state index contributed by atoms with van der Waals surface area (Å²) in [6.45, 7) is 12.8. The Hall–Kier alpha value is -5.43. The number of pyridine rings is 2. The largest absolute Gasteiger partial charge is 0.376 e. The van der Waals surface area contributed by atoms with Crippen molar-refractivity contribution in [2.24, 2.45) is 0 Å². The van der Waals surface area contributed by atoms with E-state index in [0.717, 1.165) is 89.0 Å². The number of nitrogens with one attached hydrogen (secondary N) is 3. The van der Waals surface area contributed by atoms with Crippen LogP contribution < -0.4 is 40.4 Å². The number of nitrogens with zero attached hydrogens (tertiary/aromatic N) is 11. The average molecular weight is 799 g/mol. The molecule has 18 nitrogen and oxygen atoms in total. The highest BCUT2D eigenvalue weighted by Gasteiger charge is 2.42. The van der Waals surface area contributed by atoms with E-state index in [9.17, 15) is 9.59 Å². The highest BCUT2D eigenvalue weighted by Crippen LogP contribution is 2.41. The topological polar surface area (TPSA) is 182 Å². The summed E-state index contributed by atoms with van der Waals surface area (Å²) in [6.07, 6.45) is 11.7. The Labute approximate surface area is 335 Å². The van der Waals surface area contributed by atoms with E-state index in [1.807, 2.05) is 12.1 Å². The lowest BCUT2D eigenvalue weighted by atomic mass is 10.2. The maximum Gasteiger partial charge on any atom is 0.329 e. The molecular formula is C38H47ClN14O4. The predicted octanol–water partition coefficient (Wildman–Crippen LogP) is 3.88. The van der Waals surface area contributed by atoms with Crippen LogP contribution in [0.2, 0.25) is 5.15 Å². The van der Waals surface area contributed by atoms with Crippen molar-refractivity contribution < 1.29 is 19.1 Å². The maximum atomic E-state index is 13.1. The van der Waals surface area contributed by atoms with Crippen LogP contribution in [0.3, 0.4) is 0 Å². The van der Waals surface area contributed by atoms with Crippen molar-refractivity contribution >= 4 is 64.1 Å². The quantitative estimate of drug-likeness (QED) is 0.254. The summed E-state index contributed by atoms with van der Waals surface area (Å²) in [5, 5.41) is 9.21. The molecule has 4 fully saturated rings. The van der Waals surface area contributed by atoms with E-state index in [-0.39, 0.29) is 30.2 Å². The maximum absolute atomic E-state index is 13.1. The normalized spacial score (nSPS) is 23.0. The molecule has 3 N–H and O–H groups in total. The first-order valence-electron chi connectivity index (χ1n) is 19.4. The number of carbonyl (C=O) groups is 2. The Balaban J connectivity index is 0.000000139. The Morgan fingerprint density at radius 2 is 1.32 bits per heavy atom. The zero-order valence-corrected chi connectivity index (χ0v) is 32.8. The van der Waals surface area contributed by atoms with Gasteiger partial charge < -0.3 is 29.5 Å². The predicted molar refractivity (Wildman–Crippen MR) is 218 cm³/mol. The fraction of sp³-hybridized carbons (Fsp3) is 0.474. The van der Waals surface area contributed by atoms with Gasteiger partial charge in [0.05, 0.1) is 61.3 Å². The average Bonchev–Trinajstić information content (AvgIpc) is 3.84. The minimum atomic E-state index is -0.261. The summed E-state index contributed by atoms with van der Waals surface area (Å²) in [5.41, 5.74) is 1.94. The van der Waals surface area contributed by atoms with Crippen molar-refractivity contribution in [2.45, 2.75) is 51.0 Å². The van der Waals surface area contributed by atoms with E-state index in [0.29, 0.717) is 41.1 Å². The zero-order valence-electron chi connectivity index (χ0n) is 32.0. The van der Waals surface area contributed by atoms with E-state index in [2.05, 4.69) is 75.5 Å². The second-order valence-corrected chi connectivity index (χ2v) is 14.9. The molecule has 0 unspecified atom stereocenters. The molecule has 0 spiro atoms. The van der Waals surface area contributed by atoms with Gasteiger partial charge in [0.15, 0.2) is 23.3 Å². The fourth-order valence-electron chi connectivity index (χ4n) is 7.88. The van der Waals surface area contributed by atoms with Crippen molar-refractivity contribution in [3.05, 3.63) is 66.6 Å². The first-order chi connectivity index (χ1) is 27.8.